The minimum Gasteiger partial charge on any atom is -0.255 e. The predicted octanol–water partition coefficient (Wildman–Crippen LogP) is 4.26. The molecule has 4 heteroatoms. The van der Waals surface area contributed by atoms with Crippen LogP contribution in [-0.4, -0.2) is 4.98 Å². The van der Waals surface area contributed by atoms with Gasteiger partial charge < -0.3 is 0 Å². The van der Waals surface area contributed by atoms with Crippen molar-refractivity contribution in [3.8, 4) is 0 Å². The zero-order chi connectivity index (χ0) is 9.42. The SMILES string of the molecule is Clc1ccnc2c(I)ccc(Br)c12. The summed E-state index contributed by atoms with van der Waals surface area (Å²) in [5, 5.41) is 1.71. The van der Waals surface area contributed by atoms with Crippen LogP contribution in [0.15, 0.2) is 28.9 Å². The molecule has 0 amide bonds. The average molecular weight is 368 g/mol. The summed E-state index contributed by atoms with van der Waals surface area (Å²) >= 11 is 11.8. The Bertz CT molecular complexity index is 464. The summed E-state index contributed by atoms with van der Waals surface area (Å²) in [7, 11) is 0. The fourth-order valence-corrected chi connectivity index (χ4v) is 2.64. The van der Waals surface area contributed by atoms with Crippen molar-refractivity contribution >= 4 is 61.0 Å². The Morgan fingerprint density at radius 3 is 2.77 bits per heavy atom. The molecule has 2 rings (SSSR count). The van der Waals surface area contributed by atoms with Gasteiger partial charge in [0.2, 0.25) is 0 Å². The van der Waals surface area contributed by atoms with Crippen LogP contribution in [0.25, 0.3) is 10.9 Å². The molecule has 0 atom stereocenters. The Labute approximate surface area is 103 Å². The van der Waals surface area contributed by atoms with E-state index in [2.05, 4.69) is 43.5 Å². The molecule has 1 heterocycles. The van der Waals surface area contributed by atoms with Gasteiger partial charge in [0.25, 0.3) is 0 Å². The van der Waals surface area contributed by atoms with Gasteiger partial charge in [-0.2, -0.15) is 0 Å². The first kappa shape index (κ1) is 9.68. The number of rotatable bonds is 0. The van der Waals surface area contributed by atoms with Crippen molar-refractivity contribution in [1.82, 2.24) is 4.98 Å². The molecule has 0 spiro atoms. The zero-order valence-corrected chi connectivity index (χ0v) is 10.9. The molecular formula is C9H4BrClIN. The summed E-state index contributed by atoms with van der Waals surface area (Å²) < 4.78 is 2.10. The molecule has 2 aromatic rings. The van der Waals surface area contributed by atoms with Gasteiger partial charge >= 0.3 is 0 Å². The summed E-state index contributed by atoms with van der Waals surface area (Å²) in [6.45, 7) is 0. The van der Waals surface area contributed by atoms with Gasteiger partial charge in [0, 0.05) is 19.6 Å². The lowest BCUT2D eigenvalue weighted by molar-refractivity contribution is 1.40. The van der Waals surface area contributed by atoms with E-state index in [0.717, 1.165) is 24.0 Å². The molecule has 0 saturated heterocycles. The molecular weight excluding hydrogens is 364 g/mol. The Kier molecular flexibility index (Phi) is 2.76. The highest BCUT2D eigenvalue weighted by Crippen LogP contribution is 2.31. The minimum absolute atomic E-state index is 0.732. The molecule has 0 aliphatic carbocycles. The standard InChI is InChI=1S/C9H4BrClIN/c10-5-1-2-7(12)9-8(5)6(11)3-4-13-9/h1-4H. The van der Waals surface area contributed by atoms with Crippen molar-refractivity contribution in [2.75, 3.05) is 0 Å². The van der Waals surface area contributed by atoms with E-state index in [0.29, 0.717) is 0 Å². The second kappa shape index (κ2) is 3.71. The number of aromatic nitrogens is 1. The topological polar surface area (TPSA) is 12.9 Å². The molecule has 0 aliphatic rings. The van der Waals surface area contributed by atoms with Crippen molar-refractivity contribution in [3.63, 3.8) is 0 Å². The molecule has 0 aliphatic heterocycles. The maximum Gasteiger partial charge on any atom is 0.0861 e. The van der Waals surface area contributed by atoms with Gasteiger partial charge in [-0.3, -0.25) is 4.98 Å². The third-order valence-corrected chi connectivity index (χ3v) is 3.59. The number of hydrogen-bond acceptors (Lipinski definition) is 1. The first-order chi connectivity index (χ1) is 6.20. The van der Waals surface area contributed by atoms with Gasteiger partial charge in [-0.1, -0.05) is 27.5 Å². The molecule has 1 aromatic carbocycles. The quantitative estimate of drug-likeness (QED) is 0.634. The summed E-state index contributed by atoms with van der Waals surface area (Å²) in [5.74, 6) is 0. The molecule has 0 unspecified atom stereocenters. The van der Waals surface area contributed by atoms with E-state index in [1.807, 2.05) is 12.1 Å². The van der Waals surface area contributed by atoms with E-state index in [9.17, 15) is 0 Å². The third-order valence-electron chi connectivity index (χ3n) is 1.74. The van der Waals surface area contributed by atoms with Gasteiger partial charge in [-0.15, -0.1) is 0 Å². The second-order valence-electron chi connectivity index (χ2n) is 2.55. The van der Waals surface area contributed by atoms with Crippen LogP contribution < -0.4 is 0 Å². The van der Waals surface area contributed by atoms with Gasteiger partial charge in [0.05, 0.1) is 10.5 Å². The van der Waals surface area contributed by atoms with E-state index >= 15 is 0 Å². The zero-order valence-electron chi connectivity index (χ0n) is 6.39. The van der Waals surface area contributed by atoms with Gasteiger partial charge in [0.1, 0.15) is 0 Å². The fraction of sp³-hybridized carbons (Fsp3) is 0. The summed E-state index contributed by atoms with van der Waals surface area (Å²) in [5.41, 5.74) is 0.947. The molecule has 0 N–H and O–H groups in total. The predicted molar refractivity (Wildman–Crippen MR) is 67.2 cm³/mol. The van der Waals surface area contributed by atoms with Crippen LogP contribution in [0.3, 0.4) is 0 Å². The molecule has 0 bridgehead atoms. The maximum absolute atomic E-state index is 6.06. The van der Waals surface area contributed by atoms with Crippen molar-refractivity contribution in [2.45, 2.75) is 0 Å². The maximum atomic E-state index is 6.06. The fourth-order valence-electron chi connectivity index (χ4n) is 1.16. The first-order valence-corrected chi connectivity index (χ1v) is 5.83. The lowest BCUT2D eigenvalue weighted by Gasteiger charge is -2.03. The molecule has 66 valence electrons. The van der Waals surface area contributed by atoms with Gasteiger partial charge in [0.15, 0.2) is 0 Å². The van der Waals surface area contributed by atoms with Crippen molar-refractivity contribution in [1.29, 1.82) is 0 Å². The average Bonchev–Trinajstić information content (AvgIpc) is 2.12. The Hall–Kier alpha value is 0.130. The van der Waals surface area contributed by atoms with E-state index in [4.69, 9.17) is 11.6 Å². The highest BCUT2D eigenvalue weighted by Gasteiger charge is 2.06. The van der Waals surface area contributed by atoms with Gasteiger partial charge in [-0.25, -0.2) is 0 Å². The van der Waals surface area contributed by atoms with E-state index in [-0.39, 0.29) is 0 Å². The van der Waals surface area contributed by atoms with Gasteiger partial charge in [-0.05, 0) is 40.8 Å². The lowest BCUT2D eigenvalue weighted by atomic mass is 10.2. The van der Waals surface area contributed by atoms with Crippen LogP contribution in [0, 0.1) is 3.57 Å². The summed E-state index contributed by atoms with van der Waals surface area (Å²) in [4.78, 5) is 4.28. The van der Waals surface area contributed by atoms with Crippen molar-refractivity contribution < 1.29 is 0 Å². The van der Waals surface area contributed by atoms with Crippen molar-refractivity contribution in [2.24, 2.45) is 0 Å². The molecule has 13 heavy (non-hydrogen) atoms. The normalized spacial score (nSPS) is 10.7. The number of halogens is 3. The summed E-state index contributed by atoms with van der Waals surface area (Å²) in [6.07, 6.45) is 1.72. The van der Waals surface area contributed by atoms with Crippen molar-refractivity contribution in [3.05, 3.63) is 37.5 Å². The highest BCUT2D eigenvalue weighted by atomic mass is 127. The van der Waals surface area contributed by atoms with Crippen LogP contribution in [0.5, 0.6) is 0 Å². The smallest absolute Gasteiger partial charge is 0.0861 e. The Morgan fingerprint density at radius 2 is 2.08 bits per heavy atom. The Balaban J connectivity index is 3.00. The largest absolute Gasteiger partial charge is 0.255 e. The number of hydrogen-bond donors (Lipinski definition) is 0. The monoisotopic (exact) mass is 367 g/mol. The van der Waals surface area contributed by atoms with Crippen LogP contribution in [0.2, 0.25) is 5.02 Å². The minimum atomic E-state index is 0.732. The molecule has 1 nitrogen and oxygen atoms in total. The lowest BCUT2D eigenvalue weighted by Crippen LogP contribution is -1.84. The van der Waals surface area contributed by atoms with E-state index in [1.54, 1.807) is 12.3 Å². The number of nitrogens with zero attached hydrogens (tertiary/aromatic N) is 1. The molecule has 0 fully saturated rings. The second-order valence-corrected chi connectivity index (χ2v) is 4.97. The van der Waals surface area contributed by atoms with Crippen LogP contribution in [0.1, 0.15) is 0 Å². The molecule has 0 radical (unpaired) electrons. The summed E-state index contributed by atoms with van der Waals surface area (Å²) in [6, 6.07) is 5.79. The van der Waals surface area contributed by atoms with Crippen LogP contribution >= 0.6 is 50.1 Å². The number of fused-ring (bicyclic) bond motifs is 1. The van der Waals surface area contributed by atoms with E-state index in [1.165, 1.54) is 0 Å². The first-order valence-electron chi connectivity index (χ1n) is 3.58. The highest BCUT2D eigenvalue weighted by molar-refractivity contribution is 14.1. The van der Waals surface area contributed by atoms with E-state index < -0.39 is 0 Å². The number of pyridine rings is 1. The third kappa shape index (κ3) is 1.69. The molecule has 1 aromatic heterocycles. The van der Waals surface area contributed by atoms with Crippen LogP contribution in [0.4, 0.5) is 0 Å². The van der Waals surface area contributed by atoms with Crippen LogP contribution in [-0.2, 0) is 0 Å². The Morgan fingerprint density at radius 1 is 1.31 bits per heavy atom. The number of benzene rings is 1. The molecule has 0 saturated carbocycles.